The fourth-order valence-corrected chi connectivity index (χ4v) is 4.14. The van der Waals surface area contributed by atoms with Crippen LogP contribution in [0.5, 0.6) is 0 Å². The van der Waals surface area contributed by atoms with E-state index in [2.05, 4.69) is 15.4 Å². The zero-order valence-electron chi connectivity index (χ0n) is 14.4. The second-order valence-corrected chi connectivity index (χ2v) is 7.99. The summed E-state index contributed by atoms with van der Waals surface area (Å²) < 4.78 is 41.6. The van der Waals surface area contributed by atoms with E-state index in [0.29, 0.717) is 24.3 Å². The minimum absolute atomic E-state index is 0.0137. The SMILES string of the molecule is O=C(NCC(N1CCC1)C(F)(F)F)c1nc(-c2cnn3ccccc23)c(Cl)s1. The number of halogens is 4. The highest BCUT2D eigenvalue weighted by atomic mass is 35.5. The van der Waals surface area contributed by atoms with Crippen molar-refractivity contribution in [3.05, 3.63) is 39.9 Å². The molecule has 6 nitrogen and oxygen atoms in total. The van der Waals surface area contributed by atoms with Crippen molar-refractivity contribution in [2.75, 3.05) is 19.6 Å². The molecule has 0 saturated carbocycles. The molecule has 0 aromatic carbocycles. The van der Waals surface area contributed by atoms with Gasteiger partial charge in [-0.2, -0.15) is 18.3 Å². The first-order chi connectivity index (χ1) is 13.3. The average Bonchev–Trinajstić information content (AvgIpc) is 3.18. The predicted molar refractivity (Wildman–Crippen MR) is 99.7 cm³/mol. The maximum atomic E-state index is 13.2. The number of likely N-dealkylation sites (tertiary alicyclic amines) is 1. The number of thiazole rings is 1. The third-order valence-corrected chi connectivity index (χ3v) is 5.88. The van der Waals surface area contributed by atoms with Gasteiger partial charge in [-0.3, -0.25) is 9.69 Å². The van der Waals surface area contributed by atoms with Gasteiger partial charge in [0.25, 0.3) is 5.91 Å². The fraction of sp³-hybridized carbons (Fsp3) is 0.353. The van der Waals surface area contributed by atoms with Crippen molar-refractivity contribution in [2.45, 2.75) is 18.6 Å². The van der Waals surface area contributed by atoms with Crippen LogP contribution in [-0.2, 0) is 0 Å². The van der Waals surface area contributed by atoms with E-state index in [0.717, 1.165) is 23.3 Å². The second kappa shape index (κ2) is 7.34. The molecule has 0 radical (unpaired) electrons. The van der Waals surface area contributed by atoms with Gasteiger partial charge >= 0.3 is 6.18 Å². The molecule has 1 amide bonds. The summed E-state index contributed by atoms with van der Waals surface area (Å²) in [7, 11) is 0. The molecule has 1 unspecified atom stereocenters. The zero-order valence-corrected chi connectivity index (χ0v) is 16.0. The standard InChI is InChI=1S/C17H15ClF3N5OS/c18-14-13(10-8-23-26-7-2-1-4-11(10)26)24-16(28-14)15(27)22-9-12(17(19,20)21)25-5-3-6-25/h1-2,4,7-8,12H,3,5-6,9H2,(H,22,27). The van der Waals surface area contributed by atoms with Crippen LogP contribution in [0.4, 0.5) is 13.2 Å². The lowest BCUT2D eigenvalue weighted by molar-refractivity contribution is -0.190. The Hall–Kier alpha value is -2.17. The van der Waals surface area contributed by atoms with Crippen LogP contribution in [0.1, 0.15) is 16.2 Å². The van der Waals surface area contributed by atoms with Crippen molar-refractivity contribution in [3.8, 4) is 11.3 Å². The van der Waals surface area contributed by atoms with E-state index in [9.17, 15) is 18.0 Å². The monoisotopic (exact) mass is 429 g/mol. The number of carbonyl (C=O) groups excluding carboxylic acids is 1. The van der Waals surface area contributed by atoms with Gasteiger partial charge in [-0.15, -0.1) is 0 Å². The van der Waals surface area contributed by atoms with Gasteiger partial charge in [0.05, 0.1) is 11.7 Å². The smallest absolute Gasteiger partial charge is 0.348 e. The molecular formula is C17H15ClF3N5OS. The van der Waals surface area contributed by atoms with Crippen LogP contribution < -0.4 is 5.32 Å². The van der Waals surface area contributed by atoms with Gasteiger partial charge in [-0.25, -0.2) is 9.50 Å². The summed E-state index contributed by atoms with van der Waals surface area (Å²) in [5.41, 5.74) is 1.79. The van der Waals surface area contributed by atoms with Crippen LogP contribution in [-0.4, -0.2) is 57.3 Å². The summed E-state index contributed by atoms with van der Waals surface area (Å²) in [6, 6.07) is 3.79. The number of aromatic nitrogens is 3. The number of nitrogens with one attached hydrogen (secondary N) is 1. The van der Waals surface area contributed by atoms with E-state index in [1.807, 2.05) is 18.2 Å². The van der Waals surface area contributed by atoms with E-state index in [-0.39, 0.29) is 9.34 Å². The van der Waals surface area contributed by atoms with Gasteiger partial charge in [0.2, 0.25) is 0 Å². The Bertz CT molecular complexity index is 1010. The molecule has 4 heterocycles. The Morgan fingerprint density at radius 3 is 2.82 bits per heavy atom. The highest BCUT2D eigenvalue weighted by molar-refractivity contribution is 7.18. The molecule has 0 spiro atoms. The largest absolute Gasteiger partial charge is 0.405 e. The average molecular weight is 430 g/mol. The molecule has 148 valence electrons. The first-order valence-electron chi connectivity index (χ1n) is 8.52. The lowest BCUT2D eigenvalue weighted by Crippen LogP contribution is -2.56. The summed E-state index contributed by atoms with van der Waals surface area (Å²) in [5.74, 6) is -0.676. The summed E-state index contributed by atoms with van der Waals surface area (Å²) in [4.78, 5) is 17.9. The Kier molecular flexibility index (Phi) is 5.02. The molecule has 3 aromatic heterocycles. The van der Waals surface area contributed by atoms with E-state index < -0.39 is 24.7 Å². The summed E-state index contributed by atoms with van der Waals surface area (Å²) in [5, 5.41) is 6.56. The summed E-state index contributed by atoms with van der Waals surface area (Å²) >= 11 is 7.18. The molecule has 3 aromatic rings. The maximum Gasteiger partial charge on any atom is 0.405 e. The number of rotatable bonds is 5. The quantitative estimate of drug-likeness (QED) is 0.674. The molecule has 1 saturated heterocycles. The van der Waals surface area contributed by atoms with Crippen LogP contribution >= 0.6 is 22.9 Å². The Labute approximate surface area is 166 Å². The fourth-order valence-electron chi connectivity index (χ4n) is 3.05. The molecule has 4 rings (SSSR count). The molecule has 1 atom stereocenters. The van der Waals surface area contributed by atoms with Gasteiger partial charge in [0.1, 0.15) is 16.1 Å². The van der Waals surface area contributed by atoms with Gasteiger partial charge in [-0.05, 0) is 18.6 Å². The van der Waals surface area contributed by atoms with Crippen molar-refractivity contribution in [1.29, 1.82) is 0 Å². The Morgan fingerprint density at radius 1 is 1.36 bits per heavy atom. The molecule has 1 fully saturated rings. The van der Waals surface area contributed by atoms with Crippen LogP contribution in [0.2, 0.25) is 4.34 Å². The highest BCUT2D eigenvalue weighted by Gasteiger charge is 2.45. The minimum Gasteiger partial charge on any atom is -0.348 e. The van der Waals surface area contributed by atoms with Crippen LogP contribution in [0.3, 0.4) is 0 Å². The van der Waals surface area contributed by atoms with E-state index in [1.165, 1.54) is 4.90 Å². The van der Waals surface area contributed by atoms with Crippen LogP contribution in [0, 0.1) is 0 Å². The van der Waals surface area contributed by atoms with Gasteiger partial charge in [-0.1, -0.05) is 29.0 Å². The first-order valence-corrected chi connectivity index (χ1v) is 9.72. The number of alkyl halides is 3. The Balaban J connectivity index is 1.52. The predicted octanol–water partition coefficient (Wildman–Crippen LogP) is 3.48. The van der Waals surface area contributed by atoms with Crippen molar-refractivity contribution in [2.24, 2.45) is 0 Å². The number of nitrogens with zero attached hydrogens (tertiary/aromatic N) is 4. The summed E-state index contributed by atoms with van der Waals surface area (Å²) in [6.07, 6.45) is -0.330. The van der Waals surface area contributed by atoms with Crippen molar-refractivity contribution in [3.63, 3.8) is 0 Å². The molecule has 0 bridgehead atoms. The third kappa shape index (κ3) is 3.59. The van der Waals surface area contributed by atoms with Crippen LogP contribution in [0.15, 0.2) is 30.6 Å². The molecule has 1 aliphatic heterocycles. The number of carbonyl (C=O) groups is 1. The first kappa shape index (κ1) is 19.2. The number of hydrogen-bond donors (Lipinski definition) is 1. The number of fused-ring (bicyclic) bond motifs is 1. The Morgan fingerprint density at radius 2 is 2.14 bits per heavy atom. The van der Waals surface area contributed by atoms with E-state index in [1.54, 1.807) is 16.9 Å². The minimum atomic E-state index is -4.41. The molecule has 1 aliphatic rings. The zero-order chi connectivity index (χ0) is 19.9. The number of pyridine rings is 1. The molecule has 1 N–H and O–H groups in total. The topological polar surface area (TPSA) is 62.5 Å². The third-order valence-electron chi connectivity index (χ3n) is 4.63. The lowest BCUT2D eigenvalue weighted by atomic mass is 10.1. The van der Waals surface area contributed by atoms with Crippen molar-refractivity contribution < 1.29 is 18.0 Å². The molecule has 0 aliphatic carbocycles. The molecule has 11 heteroatoms. The van der Waals surface area contributed by atoms with Gasteiger partial charge in [0, 0.05) is 31.4 Å². The van der Waals surface area contributed by atoms with Crippen molar-refractivity contribution in [1.82, 2.24) is 24.8 Å². The maximum absolute atomic E-state index is 13.2. The van der Waals surface area contributed by atoms with E-state index >= 15 is 0 Å². The lowest BCUT2D eigenvalue weighted by Gasteiger charge is -2.39. The highest BCUT2D eigenvalue weighted by Crippen LogP contribution is 2.35. The summed E-state index contributed by atoms with van der Waals surface area (Å²) in [6.45, 7) is 0.232. The van der Waals surface area contributed by atoms with Crippen LogP contribution in [0.25, 0.3) is 16.8 Å². The van der Waals surface area contributed by atoms with E-state index in [4.69, 9.17) is 11.6 Å². The van der Waals surface area contributed by atoms with Gasteiger partial charge in [0.15, 0.2) is 5.01 Å². The van der Waals surface area contributed by atoms with Crippen molar-refractivity contribution >= 4 is 34.4 Å². The number of hydrogen-bond acceptors (Lipinski definition) is 5. The number of amides is 1. The molecular weight excluding hydrogens is 415 g/mol. The molecule has 28 heavy (non-hydrogen) atoms. The van der Waals surface area contributed by atoms with Gasteiger partial charge < -0.3 is 5.32 Å². The normalized spacial score (nSPS) is 16.1. The second-order valence-electron chi connectivity index (χ2n) is 6.39.